The maximum absolute atomic E-state index is 12.7. The van der Waals surface area contributed by atoms with Gasteiger partial charge in [0, 0.05) is 34.4 Å². The Balaban J connectivity index is 1.79. The zero-order valence-corrected chi connectivity index (χ0v) is 14.1. The van der Waals surface area contributed by atoms with Crippen molar-refractivity contribution in [2.75, 3.05) is 17.2 Å². The van der Waals surface area contributed by atoms with Gasteiger partial charge in [0.2, 0.25) is 5.91 Å². The summed E-state index contributed by atoms with van der Waals surface area (Å²) < 4.78 is 23.0. The number of carbonyl (C=O) groups excluding carboxylic acids is 1. The number of sulfone groups is 1. The van der Waals surface area contributed by atoms with E-state index in [1.54, 1.807) is 17.8 Å². The summed E-state index contributed by atoms with van der Waals surface area (Å²) in [5.41, 5.74) is 0.951. The van der Waals surface area contributed by atoms with Gasteiger partial charge in [-0.2, -0.15) is 0 Å². The van der Waals surface area contributed by atoms with Gasteiger partial charge in [-0.25, -0.2) is 8.42 Å². The number of fused-ring (bicyclic) bond motifs is 1. The summed E-state index contributed by atoms with van der Waals surface area (Å²) in [6, 6.07) is 7.94. The van der Waals surface area contributed by atoms with Gasteiger partial charge < -0.3 is 4.90 Å². The van der Waals surface area contributed by atoms with Crippen molar-refractivity contribution in [3.63, 3.8) is 0 Å². The first-order valence-corrected chi connectivity index (χ1v) is 10.0. The SMILES string of the molecule is C[C@@H]1CCN(C(=O)C[C@@H]2C=CS(=O)(=O)C2)c2ccccc2S1. The summed E-state index contributed by atoms with van der Waals surface area (Å²) in [5.74, 6) is -0.133. The molecule has 0 fully saturated rings. The number of amides is 1. The molecule has 2 atom stereocenters. The fourth-order valence-electron chi connectivity index (χ4n) is 2.85. The molecule has 0 saturated carbocycles. The number of benzene rings is 1. The monoisotopic (exact) mass is 337 g/mol. The minimum Gasteiger partial charge on any atom is -0.311 e. The highest BCUT2D eigenvalue weighted by atomic mass is 32.2. The molecule has 1 amide bonds. The molecule has 1 aromatic rings. The standard InChI is InChI=1S/C16H19NO3S2/c1-12-6-8-17(14-4-2-3-5-15(14)21-12)16(18)10-13-7-9-22(19,20)11-13/h2-5,7,9,12-13H,6,8,10-11H2,1H3/t12-,13+/m1/s1. The molecule has 0 bridgehead atoms. The normalized spacial score (nSPS) is 26.5. The van der Waals surface area contributed by atoms with E-state index in [0.717, 1.165) is 17.0 Å². The molecule has 6 heteroatoms. The third-order valence-electron chi connectivity index (χ3n) is 3.99. The van der Waals surface area contributed by atoms with Crippen LogP contribution in [0.2, 0.25) is 0 Å². The number of anilines is 1. The van der Waals surface area contributed by atoms with E-state index in [1.807, 2.05) is 29.2 Å². The summed E-state index contributed by atoms with van der Waals surface area (Å²) in [4.78, 5) is 15.6. The Morgan fingerprint density at radius 3 is 2.86 bits per heavy atom. The second kappa shape index (κ2) is 6.08. The van der Waals surface area contributed by atoms with Crippen LogP contribution in [0.3, 0.4) is 0 Å². The number of rotatable bonds is 2. The lowest BCUT2D eigenvalue weighted by Gasteiger charge is -2.23. The smallest absolute Gasteiger partial charge is 0.227 e. The van der Waals surface area contributed by atoms with Gasteiger partial charge >= 0.3 is 0 Å². The molecular weight excluding hydrogens is 318 g/mol. The highest BCUT2D eigenvalue weighted by molar-refractivity contribution is 8.00. The third kappa shape index (κ3) is 3.38. The Hall–Kier alpha value is -1.27. The van der Waals surface area contributed by atoms with Crippen LogP contribution in [0.15, 0.2) is 40.6 Å². The molecule has 0 aliphatic carbocycles. The van der Waals surface area contributed by atoms with E-state index in [9.17, 15) is 13.2 Å². The van der Waals surface area contributed by atoms with Crippen molar-refractivity contribution in [1.82, 2.24) is 0 Å². The highest BCUT2D eigenvalue weighted by Crippen LogP contribution is 2.37. The van der Waals surface area contributed by atoms with Gasteiger partial charge in [-0.1, -0.05) is 25.1 Å². The number of para-hydroxylation sites is 1. The maximum Gasteiger partial charge on any atom is 0.227 e. The van der Waals surface area contributed by atoms with E-state index in [-0.39, 0.29) is 24.0 Å². The van der Waals surface area contributed by atoms with Gasteiger partial charge in [-0.3, -0.25) is 4.79 Å². The molecule has 0 N–H and O–H groups in total. The van der Waals surface area contributed by atoms with Crippen LogP contribution in [-0.4, -0.2) is 31.9 Å². The third-order valence-corrected chi connectivity index (χ3v) is 6.69. The molecule has 2 aliphatic heterocycles. The van der Waals surface area contributed by atoms with E-state index in [0.29, 0.717) is 11.8 Å². The number of thioether (sulfide) groups is 1. The summed E-state index contributed by atoms with van der Waals surface area (Å²) in [5, 5.41) is 1.70. The van der Waals surface area contributed by atoms with Crippen LogP contribution in [0.1, 0.15) is 19.8 Å². The molecule has 0 radical (unpaired) electrons. The van der Waals surface area contributed by atoms with Crippen LogP contribution >= 0.6 is 11.8 Å². The number of hydrogen-bond donors (Lipinski definition) is 0. The van der Waals surface area contributed by atoms with Crippen molar-refractivity contribution in [2.24, 2.45) is 5.92 Å². The lowest BCUT2D eigenvalue weighted by molar-refractivity contribution is -0.119. The molecule has 1 aromatic carbocycles. The molecule has 0 spiro atoms. The van der Waals surface area contributed by atoms with E-state index in [4.69, 9.17) is 0 Å². The molecule has 3 rings (SSSR count). The van der Waals surface area contributed by atoms with Crippen molar-refractivity contribution in [2.45, 2.75) is 29.9 Å². The van der Waals surface area contributed by atoms with Crippen molar-refractivity contribution in [1.29, 1.82) is 0 Å². The first-order valence-electron chi connectivity index (χ1n) is 7.41. The zero-order valence-electron chi connectivity index (χ0n) is 12.4. The molecule has 4 nitrogen and oxygen atoms in total. The number of allylic oxidation sites excluding steroid dienone is 1. The summed E-state index contributed by atoms with van der Waals surface area (Å²) in [6.45, 7) is 2.86. The number of carbonyl (C=O) groups is 1. The van der Waals surface area contributed by atoms with Gasteiger partial charge in [0.1, 0.15) is 0 Å². The molecule has 2 heterocycles. The molecule has 2 aliphatic rings. The molecule has 0 aromatic heterocycles. The van der Waals surface area contributed by atoms with Crippen molar-refractivity contribution in [3.8, 4) is 0 Å². The Labute approximate surface area is 135 Å². The Kier molecular flexibility index (Phi) is 4.32. The molecule has 22 heavy (non-hydrogen) atoms. The second-order valence-corrected chi connectivity index (χ2v) is 9.26. The van der Waals surface area contributed by atoms with Crippen LogP contribution in [0.4, 0.5) is 5.69 Å². The van der Waals surface area contributed by atoms with E-state index < -0.39 is 9.84 Å². The van der Waals surface area contributed by atoms with E-state index in [2.05, 4.69) is 6.92 Å². The van der Waals surface area contributed by atoms with Gasteiger partial charge in [0.15, 0.2) is 9.84 Å². The van der Waals surface area contributed by atoms with Gasteiger partial charge in [-0.05, 0) is 18.6 Å². The van der Waals surface area contributed by atoms with Crippen LogP contribution < -0.4 is 4.90 Å². The summed E-state index contributed by atoms with van der Waals surface area (Å²) >= 11 is 1.79. The minimum atomic E-state index is -3.10. The predicted molar refractivity (Wildman–Crippen MR) is 89.8 cm³/mol. The van der Waals surface area contributed by atoms with Gasteiger partial charge in [0.25, 0.3) is 0 Å². The summed E-state index contributed by atoms with van der Waals surface area (Å²) in [7, 11) is -3.10. The van der Waals surface area contributed by atoms with Crippen molar-refractivity contribution < 1.29 is 13.2 Å². The Morgan fingerprint density at radius 1 is 1.36 bits per heavy atom. The Bertz CT molecular complexity index is 712. The fraction of sp³-hybridized carbons (Fsp3) is 0.438. The maximum atomic E-state index is 12.7. The molecular formula is C16H19NO3S2. The van der Waals surface area contributed by atoms with E-state index >= 15 is 0 Å². The van der Waals surface area contributed by atoms with Crippen LogP contribution in [0, 0.1) is 5.92 Å². The predicted octanol–water partition coefficient (Wildman–Crippen LogP) is 2.85. The lowest BCUT2D eigenvalue weighted by Crippen LogP contribution is -2.33. The number of hydrogen-bond acceptors (Lipinski definition) is 4. The van der Waals surface area contributed by atoms with Crippen molar-refractivity contribution in [3.05, 3.63) is 35.7 Å². The number of nitrogens with zero attached hydrogens (tertiary/aromatic N) is 1. The average molecular weight is 337 g/mol. The van der Waals surface area contributed by atoms with Crippen molar-refractivity contribution >= 4 is 33.2 Å². The van der Waals surface area contributed by atoms with Crippen LogP contribution in [0.5, 0.6) is 0 Å². The molecule has 0 unspecified atom stereocenters. The highest BCUT2D eigenvalue weighted by Gasteiger charge is 2.28. The second-order valence-electron chi connectivity index (χ2n) is 5.85. The van der Waals surface area contributed by atoms with Gasteiger partial charge in [0.05, 0.1) is 11.4 Å². The van der Waals surface area contributed by atoms with Crippen LogP contribution in [0.25, 0.3) is 0 Å². The van der Waals surface area contributed by atoms with Crippen LogP contribution in [-0.2, 0) is 14.6 Å². The minimum absolute atomic E-state index is 0.00824. The molecule has 118 valence electrons. The lowest BCUT2D eigenvalue weighted by atomic mass is 10.1. The first-order chi connectivity index (χ1) is 10.4. The quantitative estimate of drug-likeness (QED) is 0.833. The topological polar surface area (TPSA) is 54.5 Å². The molecule has 0 saturated heterocycles. The average Bonchev–Trinajstić information content (AvgIpc) is 2.70. The summed E-state index contributed by atoms with van der Waals surface area (Å²) in [6.07, 6.45) is 2.83. The Morgan fingerprint density at radius 2 is 2.14 bits per heavy atom. The van der Waals surface area contributed by atoms with E-state index in [1.165, 1.54) is 5.41 Å². The van der Waals surface area contributed by atoms with Gasteiger partial charge in [-0.15, -0.1) is 11.8 Å². The largest absolute Gasteiger partial charge is 0.311 e. The first kappa shape index (κ1) is 15.6. The fourth-order valence-corrected chi connectivity index (χ4v) is 5.36. The zero-order chi connectivity index (χ0) is 15.7.